The van der Waals surface area contributed by atoms with Crippen LogP contribution in [0.2, 0.25) is 0 Å². The van der Waals surface area contributed by atoms with Crippen LogP contribution in [0.25, 0.3) is 10.1 Å². The molecule has 2 aliphatic rings. The Morgan fingerprint density at radius 3 is 2.45 bits per heavy atom. The lowest BCUT2D eigenvalue weighted by atomic mass is 10.1. The number of piperazine rings is 1. The number of hydrogen-bond acceptors (Lipinski definition) is 4. The van der Waals surface area contributed by atoms with Gasteiger partial charge in [0.25, 0.3) is 11.5 Å². The van der Waals surface area contributed by atoms with Gasteiger partial charge in [0.2, 0.25) is 0 Å². The van der Waals surface area contributed by atoms with Crippen LogP contribution in [-0.2, 0) is 12.7 Å². The number of fused-ring (bicyclic) bond motifs is 1. The summed E-state index contributed by atoms with van der Waals surface area (Å²) in [6.45, 7) is 2.47. The number of benzene rings is 2. The predicted molar refractivity (Wildman–Crippen MR) is 123 cm³/mol. The number of halogens is 3. The third-order valence-electron chi connectivity index (χ3n) is 6.46. The van der Waals surface area contributed by atoms with Crippen molar-refractivity contribution in [1.29, 1.82) is 0 Å². The Bertz CT molecular complexity index is 1240. The van der Waals surface area contributed by atoms with E-state index in [2.05, 4.69) is 4.90 Å². The summed E-state index contributed by atoms with van der Waals surface area (Å²) in [6, 6.07) is 10.7. The number of aromatic nitrogens is 1. The lowest BCUT2D eigenvalue weighted by Crippen LogP contribution is -2.49. The molecule has 9 heteroatoms. The molecule has 3 aromatic rings. The van der Waals surface area contributed by atoms with Crippen LogP contribution in [0.1, 0.15) is 35.2 Å². The SMILES string of the molecule is O=C(c1ccccc1C(F)(F)F)N1CCN(c2ccc3c(=O)n(CCC4CC4)sc3c2)CC1. The zero-order valence-corrected chi connectivity index (χ0v) is 18.8. The Morgan fingerprint density at radius 1 is 1.03 bits per heavy atom. The van der Waals surface area contributed by atoms with Gasteiger partial charge in [0.15, 0.2) is 0 Å². The second-order valence-electron chi connectivity index (χ2n) is 8.73. The molecule has 1 aromatic heterocycles. The van der Waals surface area contributed by atoms with E-state index >= 15 is 0 Å². The van der Waals surface area contributed by atoms with Crippen LogP contribution in [0.15, 0.2) is 47.3 Å². The van der Waals surface area contributed by atoms with Gasteiger partial charge in [-0.1, -0.05) is 36.5 Å². The first-order valence-corrected chi connectivity index (χ1v) is 11.9. The lowest BCUT2D eigenvalue weighted by Gasteiger charge is -2.36. The highest BCUT2D eigenvalue weighted by Gasteiger charge is 2.36. The maximum atomic E-state index is 13.3. The highest BCUT2D eigenvalue weighted by molar-refractivity contribution is 7.13. The van der Waals surface area contributed by atoms with Crippen molar-refractivity contribution in [2.75, 3.05) is 31.1 Å². The smallest absolute Gasteiger partial charge is 0.368 e. The summed E-state index contributed by atoms with van der Waals surface area (Å²) < 4.78 is 42.7. The number of hydrogen-bond donors (Lipinski definition) is 0. The van der Waals surface area contributed by atoms with Crippen LogP contribution in [0.3, 0.4) is 0 Å². The molecule has 2 heterocycles. The van der Waals surface area contributed by atoms with E-state index < -0.39 is 17.6 Å². The molecule has 1 aliphatic heterocycles. The number of alkyl halides is 3. The summed E-state index contributed by atoms with van der Waals surface area (Å²) in [5.74, 6) is 0.170. The molecule has 1 aliphatic carbocycles. The first-order chi connectivity index (χ1) is 15.8. The molecule has 1 saturated carbocycles. The van der Waals surface area contributed by atoms with Crippen molar-refractivity contribution in [3.8, 4) is 0 Å². The Morgan fingerprint density at radius 2 is 1.76 bits per heavy atom. The zero-order valence-electron chi connectivity index (χ0n) is 18.0. The molecular formula is C24H24F3N3O2S. The van der Waals surface area contributed by atoms with Crippen molar-refractivity contribution in [3.63, 3.8) is 0 Å². The Labute approximate surface area is 193 Å². The van der Waals surface area contributed by atoms with E-state index in [1.165, 1.54) is 47.5 Å². The van der Waals surface area contributed by atoms with E-state index in [9.17, 15) is 22.8 Å². The van der Waals surface area contributed by atoms with Crippen LogP contribution < -0.4 is 10.5 Å². The molecule has 0 radical (unpaired) electrons. The Kier molecular flexibility index (Phi) is 5.68. The zero-order chi connectivity index (χ0) is 23.2. The molecule has 5 rings (SSSR count). The van der Waals surface area contributed by atoms with Gasteiger partial charge in [0.05, 0.1) is 21.2 Å². The first-order valence-electron chi connectivity index (χ1n) is 11.2. The minimum absolute atomic E-state index is 0.0564. The van der Waals surface area contributed by atoms with E-state index in [0.29, 0.717) is 26.2 Å². The Hall–Kier alpha value is -2.81. The number of aryl methyl sites for hydroxylation is 1. The minimum Gasteiger partial charge on any atom is -0.368 e. The maximum Gasteiger partial charge on any atom is 0.417 e. The highest BCUT2D eigenvalue weighted by Crippen LogP contribution is 2.34. The lowest BCUT2D eigenvalue weighted by molar-refractivity contribution is -0.138. The maximum absolute atomic E-state index is 13.3. The quantitative estimate of drug-likeness (QED) is 0.530. The predicted octanol–water partition coefficient (Wildman–Crippen LogP) is 4.84. The fourth-order valence-electron chi connectivity index (χ4n) is 4.36. The van der Waals surface area contributed by atoms with Crippen molar-refractivity contribution in [3.05, 3.63) is 63.9 Å². The Balaban J connectivity index is 1.28. The molecule has 0 unspecified atom stereocenters. The number of anilines is 1. The van der Waals surface area contributed by atoms with Gasteiger partial charge in [0.1, 0.15) is 0 Å². The van der Waals surface area contributed by atoms with E-state index in [1.807, 2.05) is 22.2 Å². The number of amides is 1. The number of nitrogens with zero attached hydrogens (tertiary/aromatic N) is 3. The van der Waals surface area contributed by atoms with Gasteiger partial charge in [-0.2, -0.15) is 13.2 Å². The molecule has 174 valence electrons. The normalized spacial score (nSPS) is 17.1. The second-order valence-corrected chi connectivity index (χ2v) is 9.80. The average Bonchev–Trinajstić information content (AvgIpc) is 3.59. The van der Waals surface area contributed by atoms with Gasteiger partial charge in [-0.05, 0) is 42.7 Å². The van der Waals surface area contributed by atoms with Crippen molar-refractivity contribution >= 4 is 33.2 Å². The average molecular weight is 476 g/mol. The fourth-order valence-corrected chi connectivity index (χ4v) is 5.41. The standard InChI is InChI=1S/C24H24F3N3O2S/c25-24(26,27)20-4-2-1-3-18(20)22(31)29-13-11-28(12-14-29)17-7-8-19-21(15-17)33-30(23(19)32)10-9-16-5-6-16/h1-4,7-8,15-16H,5-6,9-14H2. The van der Waals surface area contributed by atoms with Gasteiger partial charge < -0.3 is 9.80 Å². The van der Waals surface area contributed by atoms with Gasteiger partial charge in [-0.15, -0.1) is 0 Å². The minimum atomic E-state index is -4.57. The fraction of sp³-hybridized carbons (Fsp3) is 0.417. The van der Waals surface area contributed by atoms with Gasteiger partial charge in [-0.25, -0.2) is 0 Å². The molecular weight excluding hydrogens is 451 g/mol. The summed E-state index contributed by atoms with van der Waals surface area (Å²) in [6.07, 6.45) is -0.993. The van der Waals surface area contributed by atoms with Crippen molar-refractivity contribution in [2.45, 2.75) is 32.0 Å². The molecule has 1 amide bonds. The summed E-state index contributed by atoms with van der Waals surface area (Å²) >= 11 is 1.48. The molecule has 1 saturated heterocycles. The molecule has 2 fully saturated rings. The van der Waals surface area contributed by atoms with E-state index in [4.69, 9.17) is 0 Å². The van der Waals surface area contributed by atoms with Crippen molar-refractivity contribution < 1.29 is 18.0 Å². The number of carbonyl (C=O) groups excluding carboxylic acids is 1. The van der Waals surface area contributed by atoms with Crippen molar-refractivity contribution in [2.24, 2.45) is 5.92 Å². The third-order valence-corrected chi connectivity index (χ3v) is 7.57. The van der Waals surface area contributed by atoms with Crippen LogP contribution in [0.5, 0.6) is 0 Å². The molecule has 2 aromatic carbocycles. The first kappa shape index (κ1) is 22.0. The summed E-state index contributed by atoms with van der Waals surface area (Å²) in [7, 11) is 0. The van der Waals surface area contributed by atoms with Gasteiger partial charge in [-0.3, -0.25) is 13.5 Å². The third kappa shape index (κ3) is 4.51. The molecule has 0 bridgehead atoms. The number of carbonyl (C=O) groups is 1. The largest absolute Gasteiger partial charge is 0.417 e. The summed E-state index contributed by atoms with van der Waals surface area (Å²) in [4.78, 5) is 29.0. The van der Waals surface area contributed by atoms with Crippen LogP contribution >= 0.6 is 11.5 Å². The topological polar surface area (TPSA) is 45.6 Å². The van der Waals surface area contributed by atoms with Crippen LogP contribution in [0, 0.1) is 5.92 Å². The second kappa shape index (κ2) is 8.52. The van der Waals surface area contributed by atoms with Gasteiger partial charge in [0, 0.05) is 38.4 Å². The molecule has 0 N–H and O–H groups in total. The summed E-state index contributed by atoms with van der Waals surface area (Å²) in [5, 5.41) is 0.720. The van der Waals surface area contributed by atoms with E-state index in [-0.39, 0.29) is 11.1 Å². The molecule has 0 atom stereocenters. The van der Waals surface area contributed by atoms with E-state index in [0.717, 1.165) is 40.7 Å². The molecule has 33 heavy (non-hydrogen) atoms. The van der Waals surface area contributed by atoms with Crippen LogP contribution in [0.4, 0.5) is 18.9 Å². The molecule has 0 spiro atoms. The van der Waals surface area contributed by atoms with E-state index in [1.54, 1.807) is 0 Å². The monoisotopic (exact) mass is 475 g/mol. The molecule has 5 nitrogen and oxygen atoms in total. The summed E-state index contributed by atoms with van der Waals surface area (Å²) in [5.41, 5.74) is -0.192. The van der Waals surface area contributed by atoms with Gasteiger partial charge >= 0.3 is 6.18 Å². The van der Waals surface area contributed by atoms with Crippen LogP contribution in [-0.4, -0.2) is 40.9 Å². The van der Waals surface area contributed by atoms with Crippen molar-refractivity contribution in [1.82, 2.24) is 8.86 Å². The highest BCUT2D eigenvalue weighted by atomic mass is 32.1. The number of rotatable bonds is 5.